The highest BCUT2D eigenvalue weighted by atomic mass is 16.5. The molecule has 0 aromatic heterocycles. The van der Waals surface area contributed by atoms with Crippen molar-refractivity contribution in [2.75, 3.05) is 33.3 Å². The number of ether oxygens (including phenoxy) is 1. The summed E-state index contributed by atoms with van der Waals surface area (Å²) in [5, 5.41) is 3.18. The molecule has 1 aliphatic heterocycles. The summed E-state index contributed by atoms with van der Waals surface area (Å²) in [6.45, 7) is 4.91. The second kappa shape index (κ2) is 5.14. The highest BCUT2D eigenvalue weighted by Gasteiger charge is 2.13. The maximum absolute atomic E-state index is 5.70. The molecule has 3 nitrogen and oxygen atoms in total. The van der Waals surface area contributed by atoms with Gasteiger partial charge in [0.2, 0.25) is 0 Å². The van der Waals surface area contributed by atoms with Gasteiger partial charge in [-0.3, -0.25) is 4.90 Å². The van der Waals surface area contributed by atoms with Crippen LogP contribution in [0.1, 0.15) is 5.56 Å². The van der Waals surface area contributed by atoms with Crippen molar-refractivity contribution >= 4 is 0 Å². The van der Waals surface area contributed by atoms with Crippen molar-refractivity contribution < 1.29 is 4.74 Å². The van der Waals surface area contributed by atoms with Gasteiger partial charge < -0.3 is 10.1 Å². The van der Waals surface area contributed by atoms with E-state index in [-0.39, 0.29) is 0 Å². The standard InChI is InChI=1S/C12H18N2O/c1-13-6-7-14-8-9-15-12-5-3-2-4-11(12)10-14/h2-5,13H,6-10H2,1H3. The van der Waals surface area contributed by atoms with Gasteiger partial charge >= 0.3 is 0 Å². The van der Waals surface area contributed by atoms with Crippen molar-refractivity contribution in [3.05, 3.63) is 29.8 Å². The molecule has 0 saturated heterocycles. The zero-order chi connectivity index (χ0) is 10.5. The van der Waals surface area contributed by atoms with Crippen LogP contribution in [0.2, 0.25) is 0 Å². The maximum atomic E-state index is 5.70. The van der Waals surface area contributed by atoms with Crippen LogP contribution >= 0.6 is 0 Å². The Balaban J connectivity index is 2.04. The Morgan fingerprint density at radius 2 is 2.27 bits per heavy atom. The van der Waals surface area contributed by atoms with Crippen LogP contribution in [0.4, 0.5) is 0 Å². The second-order valence-corrected chi connectivity index (χ2v) is 3.84. The third kappa shape index (κ3) is 2.70. The SMILES string of the molecule is CNCCN1CCOc2ccccc2C1. The molecule has 1 aromatic carbocycles. The average Bonchev–Trinajstić information content (AvgIpc) is 2.47. The summed E-state index contributed by atoms with van der Waals surface area (Å²) in [6.07, 6.45) is 0. The first kappa shape index (κ1) is 10.5. The van der Waals surface area contributed by atoms with E-state index in [1.165, 1.54) is 5.56 Å². The molecular formula is C12H18N2O. The lowest BCUT2D eigenvalue weighted by Crippen LogP contribution is -2.32. The van der Waals surface area contributed by atoms with Gasteiger partial charge in [0.05, 0.1) is 0 Å². The highest BCUT2D eigenvalue weighted by Crippen LogP contribution is 2.21. The van der Waals surface area contributed by atoms with Crippen LogP contribution in [0.5, 0.6) is 5.75 Å². The molecular weight excluding hydrogens is 188 g/mol. The molecule has 0 unspecified atom stereocenters. The van der Waals surface area contributed by atoms with Crippen molar-refractivity contribution in [2.24, 2.45) is 0 Å². The molecule has 15 heavy (non-hydrogen) atoms. The summed E-state index contributed by atoms with van der Waals surface area (Å²) in [5.74, 6) is 1.05. The minimum Gasteiger partial charge on any atom is -0.492 e. The zero-order valence-corrected chi connectivity index (χ0v) is 9.20. The zero-order valence-electron chi connectivity index (χ0n) is 9.20. The first-order chi connectivity index (χ1) is 7.40. The van der Waals surface area contributed by atoms with Crippen molar-refractivity contribution in [3.8, 4) is 5.75 Å². The number of nitrogens with one attached hydrogen (secondary N) is 1. The van der Waals surface area contributed by atoms with E-state index in [1.54, 1.807) is 0 Å². The van der Waals surface area contributed by atoms with Gasteiger partial charge in [0.15, 0.2) is 0 Å². The lowest BCUT2D eigenvalue weighted by Gasteiger charge is -2.18. The number of fused-ring (bicyclic) bond motifs is 1. The van der Waals surface area contributed by atoms with Gasteiger partial charge in [0.1, 0.15) is 12.4 Å². The minimum atomic E-state index is 0.792. The molecule has 0 saturated carbocycles. The van der Waals surface area contributed by atoms with E-state index in [4.69, 9.17) is 4.74 Å². The van der Waals surface area contributed by atoms with E-state index in [1.807, 2.05) is 13.1 Å². The molecule has 1 aliphatic rings. The number of benzene rings is 1. The summed E-state index contributed by atoms with van der Waals surface area (Å²) in [4.78, 5) is 2.42. The van der Waals surface area contributed by atoms with Crippen LogP contribution in [0.15, 0.2) is 24.3 Å². The van der Waals surface area contributed by atoms with Gasteiger partial charge in [-0.05, 0) is 13.1 Å². The van der Waals surface area contributed by atoms with E-state index in [0.717, 1.165) is 38.5 Å². The number of hydrogen-bond acceptors (Lipinski definition) is 3. The lowest BCUT2D eigenvalue weighted by molar-refractivity contribution is 0.227. The monoisotopic (exact) mass is 206 g/mol. The smallest absolute Gasteiger partial charge is 0.123 e. The Hall–Kier alpha value is -1.06. The first-order valence-corrected chi connectivity index (χ1v) is 5.48. The topological polar surface area (TPSA) is 24.5 Å². The normalized spacial score (nSPS) is 16.6. The van der Waals surface area contributed by atoms with Crippen LogP contribution in [-0.4, -0.2) is 38.2 Å². The third-order valence-corrected chi connectivity index (χ3v) is 2.71. The summed E-state index contributed by atoms with van der Waals surface area (Å²) in [7, 11) is 1.99. The minimum absolute atomic E-state index is 0.792. The average molecular weight is 206 g/mol. The van der Waals surface area contributed by atoms with Crippen LogP contribution in [-0.2, 0) is 6.54 Å². The number of para-hydroxylation sites is 1. The Morgan fingerprint density at radius 3 is 3.13 bits per heavy atom. The molecule has 2 rings (SSSR count). The molecule has 0 aliphatic carbocycles. The Kier molecular flexibility index (Phi) is 3.59. The fourth-order valence-corrected chi connectivity index (χ4v) is 1.84. The quantitative estimate of drug-likeness (QED) is 0.801. The molecule has 0 spiro atoms. The molecule has 1 aromatic rings. The first-order valence-electron chi connectivity index (χ1n) is 5.48. The van der Waals surface area contributed by atoms with Gasteiger partial charge in [0.25, 0.3) is 0 Å². The van der Waals surface area contributed by atoms with Crippen LogP contribution in [0.3, 0.4) is 0 Å². The molecule has 1 N–H and O–H groups in total. The highest BCUT2D eigenvalue weighted by molar-refractivity contribution is 5.33. The fraction of sp³-hybridized carbons (Fsp3) is 0.500. The van der Waals surface area contributed by atoms with E-state index in [0.29, 0.717) is 0 Å². The van der Waals surface area contributed by atoms with Gasteiger partial charge in [-0.25, -0.2) is 0 Å². The van der Waals surface area contributed by atoms with E-state index >= 15 is 0 Å². The molecule has 0 radical (unpaired) electrons. The number of likely N-dealkylation sites (N-methyl/N-ethyl adjacent to an activating group) is 1. The van der Waals surface area contributed by atoms with Gasteiger partial charge in [-0.2, -0.15) is 0 Å². The van der Waals surface area contributed by atoms with Crippen LogP contribution in [0.25, 0.3) is 0 Å². The second-order valence-electron chi connectivity index (χ2n) is 3.84. The van der Waals surface area contributed by atoms with Crippen molar-refractivity contribution in [1.82, 2.24) is 10.2 Å². The van der Waals surface area contributed by atoms with E-state index < -0.39 is 0 Å². The maximum Gasteiger partial charge on any atom is 0.123 e. The Labute approximate surface area is 91.0 Å². The van der Waals surface area contributed by atoms with E-state index in [2.05, 4.69) is 28.4 Å². The van der Waals surface area contributed by atoms with Crippen LogP contribution in [0, 0.1) is 0 Å². The molecule has 3 heteroatoms. The third-order valence-electron chi connectivity index (χ3n) is 2.71. The predicted octanol–water partition coefficient (Wildman–Crippen LogP) is 1.10. The van der Waals surface area contributed by atoms with E-state index in [9.17, 15) is 0 Å². The predicted molar refractivity (Wildman–Crippen MR) is 61.1 cm³/mol. The molecule has 0 fully saturated rings. The largest absolute Gasteiger partial charge is 0.492 e. The molecule has 0 amide bonds. The number of nitrogens with zero attached hydrogens (tertiary/aromatic N) is 1. The van der Waals surface area contributed by atoms with Gasteiger partial charge in [-0.15, -0.1) is 0 Å². The Morgan fingerprint density at radius 1 is 1.40 bits per heavy atom. The van der Waals surface area contributed by atoms with Crippen molar-refractivity contribution in [1.29, 1.82) is 0 Å². The van der Waals surface area contributed by atoms with Crippen molar-refractivity contribution in [2.45, 2.75) is 6.54 Å². The van der Waals surface area contributed by atoms with Gasteiger partial charge in [0, 0.05) is 31.7 Å². The van der Waals surface area contributed by atoms with Gasteiger partial charge in [-0.1, -0.05) is 18.2 Å². The summed E-state index contributed by atoms with van der Waals surface area (Å²) < 4.78 is 5.70. The molecule has 0 atom stereocenters. The number of hydrogen-bond donors (Lipinski definition) is 1. The van der Waals surface area contributed by atoms with Crippen molar-refractivity contribution in [3.63, 3.8) is 0 Å². The lowest BCUT2D eigenvalue weighted by atomic mass is 10.2. The Bertz CT molecular complexity index is 312. The summed E-state index contributed by atoms with van der Waals surface area (Å²) in [6, 6.07) is 8.30. The summed E-state index contributed by atoms with van der Waals surface area (Å²) >= 11 is 0. The number of rotatable bonds is 3. The fourth-order valence-electron chi connectivity index (χ4n) is 1.84. The van der Waals surface area contributed by atoms with Crippen LogP contribution < -0.4 is 10.1 Å². The molecule has 0 bridgehead atoms. The molecule has 82 valence electrons. The summed E-state index contributed by atoms with van der Waals surface area (Å²) in [5.41, 5.74) is 1.30. The molecule has 1 heterocycles.